The maximum atomic E-state index is 12.7. The van der Waals surface area contributed by atoms with Crippen LogP contribution >= 0.6 is 0 Å². The first-order valence-corrected chi connectivity index (χ1v) is 18.8. The number of methoxy groups -OCH3 is 4. The summed E-state index contributed by atoms with van der Waals surface area (Å²) in [6.45, 7) is 3.77. The second kappa shape index (κ2) is 15.8. The molecule has 4 aliphatic rings. The Morgan fingerprint density at radius 2 is 0.907 bits per heavy atom. The molecular formula is C44H48N4O6. The van der Waals surface area contributed by atoms with Crippen LogP contribution in [0.1, 0.15) is 85.0 Å². The van der Waals surface area contributed by atoms with Gasteiger partial charge in [0.25, 0.3) is 0 Å². The van der Waals surface area contributed by atoms with Crippen LogP contribution < -0.4 is 18.9 Å². The topological polar surface area (TPSA) is 102 Å². The van der Waals surface area contributed by atoms with Crippen molar-refractivity contribution in [3.8, 4) is 23.0 Å². The number of carbonyl (C=O) groups is 2. The van der Waals surface area contributed by atoms with E-state index in [1.807, 2.05) is 74.5 Å². The zero-order valence-corrected chi connectivity index (χ0v) is 31.9. The van der Waals surface area contributed by atoms with Crippen LogP contribution in [0.15, 0.2) is 95.1 Å². The summed E-state index contributed by atoms with van der Waals surface area (Å²) in [6.07, 6.45) is 4.71. The Morgan fingerprint density at radius 1 is 0.556 bits per heavy atom. The van der Waals surface area contributed by atoms with E-state index < -0.39 is 0 Å². The minimum Gasteiger partial charge on any atom is -0.497 e. The molecule has 4 aromatic rings. The molecule has 0 spiro atoms. The molecule has 0 unspecified atom stereocenters. The largest absolute Gasteiger partial charge is 0.497 e. The zero-order valence-electron chi connectivity index (χ0n) is 31.9. The smallest absolute Gasteiger partial charge is 0.242 e. The van der Waals surface area contributed by atoms with Crippen molar-refractivity contribution in [2.24, 2.45) is 22.0 Å². The number of hydrogen-bond acceptors (Lipinski definition) is 8. The second-order valence-electron chi connectivity index (χ2n) is 13.9. The summed E-state index contributed by atoms with van der Waals surface area (Å²) < 4.78 is 21.3. The molecule has 54 heavy (non-hydrogen) atoms. The molecular weight excluding hydrogens is 681 g/mol. The van der Waals surface area contributed by atoms with Gasteiger partial charge < -0.3 is 18.9 Å². The number of hydrogen-bond donors (Lipinski definition) is 0. The van der Waals surface area contributed by atoms with Crippen LogP contribution in [0.2, 0.25) is 0 Å². The summed E-state index contributed by atoms with van der Waals surface area (Å²) in [5.74, 6) is 3.85. The molecule has 2 aliphatic carbocycles. The van der Waals surface area contributed by atoms with E-state index in [9.17, 15) is 9.59 Å². The molecule has 280 valence electrons. The molecule has 2 amide bonds. The summed E-state index contributed by atoms with van der Waals surface area (Å²) >= 11 is 0. The monoisotopic (exact) mass is 728 g/mol. The molecule has 0 radical (unpaired) electrons. The second-order valence-corrected chi connectivity index (χ2v) is 13.9. The Morgan fingerprint density at radius 3 is 1.24 bits per heavy atom. The predicted octanol–water partition coefficient (Wildman–Crippen LogP) is 7.93. The Hall–Kier alpha value is -5.64. The predicted molar refractivity (Wildman–Crippen MR) is 208 cm³/mol. The van der Waals surface area contributed by atoms with Crippen molar-refractivity contribution >= 4 is 23.2 Å². The number of fused-ring (bicyclic) bond motifs is 6. The first-order chi connectivity index (χ1) is 26.3. The van der Waals surface area contributed by atoms with E-state index in [2.05, 4.69) is 24.3 Å². The van der Waals surface area contributed by atoms with Gasteiger partial charge in [-0.3, -0.25) is 9.59 Å². The van der Waals surface area contributed by atoms with Gasteiger partial charge in [0.1, 0.15) is 23.0 Å². The maximum Gasteiger partial charge on any atom is 0.242 e. The van der Waals surface area contributed by atoms with E-state index in [1.165, 1.54) is 11.1 Å². The van der Waals surface area contributed by atoms with Gasteiger partial charge in [-0.05, 0) is 109 Å². The van der Waals surface area contributed by atoms with Crippen molar-refractivity contribution in [2.75, 3.05) is 28.4 Å². The molecule has 4 aromatic carbocycles. The molecule has 0 fully saturated rings. The minimum atomic E-state index is -0.0615. The average Bonchev–Trinajstić information content (AvgIpc) is 3.83. The Labute approximate surface area is 317 Å². The highest BCUT2D eigenvalue weighted by Gasteiger charge is 2.45. The third-order valence-electron chi connectivity index (χ3n) is 11.1. The number of benzene rings is 4. The molecule has 2 heterocycles. The van der Waals surface area contributed by atoms with E-state index in [0.717, 1.165) is 82.4 Å². The summed E-state index contributed by atoms with van der Waals surface area (Å²) in [6, 6.07) is 28.1. The number of rotatable bonds is 8. The lowest BCUT2D eigenvalue weighted by atomic mass is 9.77. The quantitative estimate of drug-likeness (QED) is 0.183. The Kier molecular flexibility index (Phi) is 10.7. The van der Waals surface area contributed by atoms with Crippen molar-refractivity contribution in [3.63, 3.8) is 0 Å². The summed E-state index contributed by atoms with van der Waals surface area (Å²) in [7, 11) is 6.68. The van der Waals surface area contributed by atoms with Gasteiger partial charge >= 0.3 is 0 Å². The fourth-order valence-corrected chi connectivity index (χ4v) is 8.27. The van der Waals surface area contributed by atoms with Crippen LogP contribution in [0.25, 0.3) is 0 Å². The molecule has 0 saturated carbocycles. The normalized spacial score (nSPS) is 20.6. The Balaban J connectivity index is 0.000000167. The average molecular weight is 729 g/mol. The van der Waals surface area contributed by atoms with Crippen molar-refractivity contribution < 1.29 is 28.5 Å². The van der Waals surface area contributed by atoms with Gasteiger partial charge in [-0.2, -0.15) is 10.2 Å². The van der Waals surface area contributed by atoms with Crippen LogP contribution in [0.4, 0.5) is 0 Å². The number of nitrogens with zero attached hydrogens (tertiary/aromatic N) is 4. The van der Waals surface area contributed by atoms with Gasteiger partial charge in [-0.1, -0.05) is 38.1 Å². The van der Waals surface area contributed by atoms with Crippen molar-refractivity contribution in [3.05, 3.63) is 118 Å². The lowest BCUT2D eigenvalue weighted by Gasteiger charge is -2.29. The van der Waals surface area contributed by atoms with E-state index in [-0.39, 0.29) is 35.7 Å². The van der Waals surface area contributed by atoms with Gasteiger partial charge in [-0.25, -0.2) is 10.0 Å². The molecule has 0 bridgehead atoms. The highest BCUT2D eigenvalue weighted by Crippen LogP contribution is 2.46. The highest BCUT2D eigenvalue weighted by atomic mass is 16.5. The lowest BCUT2D eigenvalue weighted by Crippen LogP contribution is -2.31. The number of ether oxygens (including phenoxy) is 4. The van der Waals surface area contributed by atoms with Gasteiger partial charge in [0.15, 0.2) is 0 Å². The SMILES string of the molecule is CCC(=O)N1N=C2c3ccc(OC)cc3CC[C@@H]2[C@@H]1c1ccc(OC)cc1.CCC(=O)N1N=C2c3ccc(OC)cc3CC[C@H]2[C@H]1c1ccc(OC)cc1. The molecule has 0 aromatic heterocycles. The van der Waals surface area contributed by atoms with E-state index in [0.29, 0.717) is 12.8 Å². The lowest BCUT2D eigenvalue weighted by molar-refractivity contribution is -0.134. The number of hydrazone groups is 2. The number of amides is 2. The fraction of sp³-hybridized carbons (Fsp3) is 0.364. The summed E-state index contributed by atoms with van der Waals surface area (Å²) in [5, 5.41) is 13.0. The third kappa shape index (κ3) is 6.81. The molecule has 10 nitrogen and oxygen atoms in total. The van der Waals surface area contributed by atoms with E-state index in [4.69, 9.17) is 29.2 Å². The minimum absolute atomic E-state index is 0.0489. The van der Waals surface area contributed by atoms with Crippen LogP contribution in [-0.4, -0.2) is 61.7 Å². The summed E-state index contributed by atoms with van der Waals surface area (Å²) in [4.78, 5) is 25.3. The molecule has 8 rings (SSSR count). The van der Waals surface area contributed by atoms with Crippen LogP contribution in [0, 0.1) is 11.8 Å². The van der Waals surface area contributed by atoms with Crippen LogP contribution in [-0.2, 0) is 22.4 Å². The van der Waals surface area contributed by atoms with Crippen LogP contribution in [0.3, 0.4) is 0 Å². The first-order valence-electron chi connectivity index (χ1n) is 18.8. The third-order valence-corrected chi connectivity index (χ3v) is 11.1. The Bertz CT molecular complexity index is 1930. The molecule has 10 heteroatoms. The van der Waals surface area contributed by atoms with Crippen molar-refractivity contribution in [2.45, 2.75) is 64.5 Å². The van der Waals surface area contributed by atoms with Gasteiger partial charge in [0.05, 0.1) is 51.9 Å². The fourth-order valence-electron chi connectivity index (χ4n) is 8.27. The van der Waals surface area contributed by atoms with Gasteiger partial charge in [-0.15, -0.1) is 0 Å². The molecule has 4 atom stereocenters. The highest BCUT2D eigenvalue weighted by molar-refractivity contribution is 6.07. The van der Waals surface area contributed by atoms with Crippen molar-refractivity contribution in [1.29, 1.82) is 0 Å². The van der Waals surface area contributed by atoms with E-state index >= 15 is 0 Å². The first kappa shape index (κ1) is 36.7. The standard InChI is InChI=1S/2C22H24N2O3/c2*1-4-20(25)24-22(14-5-8-16(26-2)9-6-14)19-11-7-15-13-17(27-3)10-12-18(15)21(19)23-24/h2*5-6,8-10,12-13,19,22H,4,7,11H2,1-3H3/t2*19-,22-/m10/s1. The number of carbonyl (C=O) groups excluding carboxylic acids is 2. The van der Waals surface area contributed by atoms with Crippen molar-refractivity contribution in [1.82, 2.24) is 10.0 Å². The molecule has 2 aliphatic heterocycles. The van der Waals surface area contributed by atoms with Crippen LogP contribution in [0.5, 0.6) is 23.0 Å². The molecule has 0 N–H and O–H groups in total. The van der Waals surface area contributed by atoms with Gasteiger partial charge in [0.2, 0.25) is 11.8 Å². The zero-order chi connectivity index (χ0) is 37.9. The number of aryl methyl sites for hydroxylation is 2. The summed E-state index contributed by atoms with van der Waals surface area (Å²) in [5.41, 5.74) is 8.97. The molecule has 0 saturated heterocycles. The van der Waals surface area contributed by atoms with Gasteiger partial charge in [0, 0.05) is 35.8 Å². The maximum absolute atomic E-state index is 12.7. The van der Waals surface area contributed by atoms with E-state index in [1.54, 1.807) is 38.5 Å².